The summed E-state index contributed by atoms with van der Waals surface area (Å²) < 4.78 is 11.2. The van der Waals surface area contributed by atoms with Gasteiger partial charge in [0, 0.05) is 84.7 Å². The Morgan fingerprint density at radius 1 is 0.646 bits per heavy atom. The molecule has 33 heteroatoms. The van der Waals surface area contributed by atoms with E-state index in [0.717, 1.165) is 0 Å². The second kappa shape index (κ2) is 33.8. The quantitative estimate of drug-likeness (QED) is 0.0190. The molecule has 3 saturated heterocycles. The minimum absolute atomic E-state index is 0.0373. The Bertz CT molecular complexity index is 3860. The molecule has 99 heavy (non-hydrogen) atoms. The molecule has 3 fully saturated rings. The highest BCUT2D eigenvalue weighted by atomic mass is 16.7. The zero-order chi connectivity index (χ0) is 71.0. The first-order chi connectivity index (χ1) is 47.5. The van der Waals surface area contributed by atoms with E-state index in [-0.39, 0.29) is 75.5 Å². The monoisotopic (exact) mass is 1370 g/mol. The molecule has 0 unspecified atom stereocenters. The number of H-pyrrole nitrogens is 3. The van der Waals surface area contributed by atoms with Gasteiger partial charge in [-0.2, -0.15) is 0 Å². The molecule has 3 aromatic carbocycles. The number of carbonyl (C=O) groups is 11. The number of imidazole rings is 1. The zero-order valence-corrected chi connectivity index (χ0v) is 54.2. The van der Waals surface area contributed by atoms with Crippen molar-refractivity contribution in [2.24, 2.45) is 11.7 Å². The number of nitrogens with two attached hydrogens (primary N) is 1. The Labute approximate surface area is 566 Å². The van der Waals surface area contributed by atoms with E-state index >= 15 is 0 Å². The van der Waals surface area contributed by atoms with Crippen molar-refractivity contribution in [3.05, 3.63) is 120 Å². The molecule has 33 nitrogen and oxygen atoms in total. The molecule has 0 spiro atoms. The van der Waals surface area contributed by atoms with Crippen LogP contribution in [0.25, 0.3) is 21.8 Å². The molecule has 0 saturated carbocycles. The van der Waals surface area contributed by atoms with Gasteiger partial charge in [-0.1, -0.05) is 62.4 Å². The summed E-state index contributed by atoms with van der Waals surface area (Å²) in [5.74, 6) is -8.81. The number of hydrogen-bond acceptors (Lipinski definition) is 19. The van der Waals surface area contributed by atoms with Crippen LogP contribution in [0, 0.1) is 5.92 Å². The lowest BCUT2D eigenvalue weighted by Gasteiger charge is -2.39. The Kier molecular flexibility index (Phi) is 24.9. The summed E-state index contributed by atoms with van der Waals surface area (Å²) in [5, 5.41) is 76.7. The van der Waals surface area contributed by atoms with Crippen molar-refractivity contribution < 1.29 is 87.7 Å². The molecule has 6 heterocycles. The molecule has 3 aromatic heterocycles. The summed E-state index contributed by atoms with van der Waals surface area (Å²) in [7, 11) is 0. The van der Waals surface area contributed by atoms with E-state index in [2.05, 4.69) is 67.8 Å². The van der Waals surface area contributed by atoms with E-state index < -0.39 is 164 Å². The van der Waals surface area contributed by atoms with Crippen molar-refractivity contribution in [2.75, 3.05) is 32.8 Å². The molecule has 9 rings (SSSR count). The summed E-state index contributed by atoms with van der Waals surface area (Å²) in [6.45, 7) is 0.743. The number of hydrogen-bond donors (Lipinski definition) is 18. The molecule has 19 N–H and O–H groups in total. The SMILES string of the molecule is CC(C)C[C@H](NC(=O)[C@H](Cc1c[nH]c2ccccc12)NC(=O)CNC(=O)[C@H](Cc1ccc(O[C@@H]2O[C@H](CO)[C@@H](O)[C@H](O)[C@H]2O)cc1)NC(=O)[C@H](CO)NC(=O)[C@H](Cc1c[nH]c2ccccc12)NC(=O)[C@H](Cc1cnc[nH]1)NC(=O)[C@@H]1CCC(=O)N1)C(=O)N1CCC[C@H]1C(=O)NCC(N)=O. The second-order valence-corrected chi connectivity index (χ2v) is 25.1. The number of amides is 11. The van der Waals surface area contributed by atoms with E-state index in [1.54, 1.807) is 60.9 Å². The first-order valence-corrected chi connectivity index (χ1v) is 32.5. The average Bonchev–Trinajstić information content (AvgIpc) is 1.48. The van der Waals surface area contributed by atoms with Gasteiger partial charge in [-0.05, 0) is 72.6 Å². The van der Waals surface area contributed by atoms with E-state index in [1.165, 1.54) is 41.7 Å². The minimum Gasteiger partial charge on any atom is -0.462 e. The molecule has 0 aliphatic carbocycles. The molecular formula is C66H83N15O18. The molecule has 3 aliphatic heterocycles. The van der Waals surface area contributed by atoms with Crippen molar-refractivity contribution in [3.8, 4) is 5.75 Å². The predicted octanol–water partition coefficient (Wildman–Crippen LogP) is -4.24. The van der Waals surface area contributed by atoms with E-state index in [0.29, 0.717) is 50.6 Å². The lowest BCUT2D eigenvalue weighted by atomic mass is 9.99. The number of aromatic nitrogens is 4. The summed E-state index contributed by atoms with van der Waals surface area (Å²) in [4.78, 5) is 166. The van der Waals surface area contributed by atoms with Crippen LogP contribution in [0.5, 0.6) is 5.75 Å². The van der Waals surface area contributed by atoms with Gasteiger partial charge in [0.1, 0.15) is 78.5 Å². The topological polar surface area (TPSA) is 505 Å². The zero-order valence-electron chi connectivity index (χ0n) is 54.2. The number of aliphatic hydroxyl groups excluding tert-OH is 5. The fraction of sp³-hybridized carbons (Fsp3) is 0.455. The number of benzene rings is 3. The Morgan fingerprint density at radius 2 is 1.23 bits per heavy atom. The molecule has 6 aromatic rings. The van der Waals surface area contributed by atoms with Gasteiger partial charge in [0.05, 0.1) is 32.6 Å². The lowest BCUT2D eigenvalue weighted by Crippen LogP contribution is -2.60. The number of para-hydroxylation sites is 2. The molecule has 3 aliphatic rings. The maximum atomic E-state index is 14.7. The van der Waals surface area contributed by atoms with Gasteiger partial charge >= 0.3 is 0 Å². The van der Waals surface area contributed by atoms with Crippen LogP contribution in [-0.4, -0.2) is 227 Å². The van der Waals surface area contributed by atoms with E-state index in [9.17, 15) is 78.3 Å². The molecule has 0 bridgehead atoms. The number of primary amides is 1. The summed E-state index contributed by atoms with van der Waals surface area (Å²) in [6.07, 6.45) is -1.75. The van der Waals surface area contributed by atoms with Gasteiger partial charge in [0.2, 0.25) is 71.3 Å². The van der Waals surface area contributed by atoms with E-state index in [4.69, 9.17) is 15.2 Å². The van der Waals surface area contributed by atoms with Gasteiger partial charge in [-0.3, -0.25) is 52.7 Å². The molecule has 11 amide bonds. The van der Waals surface area contributed by atoms with Crippen molar-refractivity contribution in [1.82, 2.24) is 72.7 Å². The van der Waals surface area contributed by atoms with Crippen LogP contribution in [0.15, 0.2) is 97.7 Å². The van der Waals surface area contributed by atoms with Crippen LogP contribution < -0.4 is 58.3 Å². The van der Waals surface area contributed by atoms with E-state index in [1.807, 2.05) is 13.8 Å². The molecular weight excluding hydrogens is 1290 g/mol. The Balaban J connectivity index is 0.947. The number of nitrogens with one attached hydrogen (secondary N) is 12. The lowest BCUT2D eigenvalue weighted by molar-refractivity contribution is -0.277. The Hall–Kier alpha value is -10.3. The van der Waals surface area contributed by atoms with Crippen LogP contribution in [0.2, 0.25) is 0 Å². The number of rotatable bonds is 32. The highest BCUT2D eigenvalue weighted by Crippen LogP contribution is 2.27. The summed E-state index contributed by atoms with van der Waals surface area (Å²) in [6, 6.07) is 9.05. The first-order valence-electron chi connectivity index (χ1n) is 32.5. The number of fused-ring (bicyclic) bond motifs is 2. The van der Waals surface area contributed by atoms with Crippen molar-refractivity contribution >= 4 is 86.8 Å². The molecule has 0 radical (unpaired) electrons. The maximum absolute atomic E-state index is 14.7. The van der Waals surface area contributed by atoms with Gasteiger partial charge < -0.3 is 108 Å². The smallest absolute Gasteiger partial charge is 0.245 e. The van der Waals surface area contributed by atoms with Gasteiger partial charge in [-0.25, -0.2) is 4.98 Å². The third-order valence-electron chi connectivity index (χ3n) is 17.3. The Morgan fingerprint density at radius 3 is 1.81 bits per heavy atom. The van der Waals surface area contributed by atoms with Gasteiger partial charge in [0.15, 0.2) is 0 Å². The number of nitrogens with zero attached hydrogens (tertiary/aromatic N) is 2. The molecule has 13 atom stereocenters. The number of likely N-dealkylation sites (tertiary alicyclic amines) is 1. The highest BCUT2D eigenvalue weighted by Gasteiger charge is 2.45. The average molecular weight is 1370 g/mol. The number of ether oxygens (including phenoxy) is 2. The van der Waals surface area contributed by atoms with Crippen molar-refractivity contribution in [3.63, 3.8) is 0 Å². The number of carbonyl (C=O) groups excluding carboxylic acids is 11. The first kappa shape index (κ1) is 72.9. The van der Waals surface area contributed by atoms with Crippen LogP contribution in [0.1, 0.15) is 68.3 Å². The van der Waals surface area contributed by atoms with Crippen LogP contribution in [0.3, 0.4) is 0 Å². The molecule has 530 valence electrons. The van der Waals surface area contributed by atoms with Crippen molar-refractivity contribution in [1.29, 1.82) is 0 Å². The van der Waals surface area contributed by atoms with Crippen molar-refractivity contribution in [2.45, 2.75) is 151 Å². The van der Waals surface area contributed by atoms with Gasteiger partial charge in [0.25, 0.3) is 0 Å². The third-order valence-corrected chi connectivity index (χ3v) is 17.3. The predicted molar refractivity (Wildman–Crippen MR) is 350 cm³/mol. The fourth-order valence-corrected chi connectivity index (χ4v) is 12.1. The number of aromatic amines is 3. The highest BCUT2D eigenvalue weighted by molar-refractivity contribution is 5.99. The minimum atomic E-state index is -1.84. The van der Waals surface area contributed by atoms with Crippen LogP contribution in [-0.2, 0) is 83.2 Å². The normalized spacial score (nSPS) is 20.9. The van der Waals surface area contributed by atoms with Gasteiger partial charge in [-0.15, -0.1) is 0 Å². The standard InChI is InChI=1S/C66H83N15O18/c1-33(2)20-48(65(97)81-19-7-12-50(81)64(96)71-28-52(67)84)79-60(92)45(22-35-25-69-41-10-5-3-8-39(35)41)75-54(86)29-72-58(90)44(21-34-13-15-38(16-14-34)98-66-57(89)56(88)55(87)51(31-83)99-66)76-63(95)49(30-82)80-61(93)46(23-36-26-70-42-11-6-4-9-40(36)42)77-62(94)47(24-37-27-68-32-73-37)78-59(91)43-17-18-53(85)74-43/h3-6,8-11,13-16,25-27,32-33,43-51,55-57,66,69-70,82-83,87-89H,7,12,17-24,28-31H2,1-2H3,(H2,67,84)(H,68,73)(H,71,96)(H,72,90)(H,74,85)(H,75,86)(H,76,95)(H,77,94)(H,78,91)(H,79,92)(H,80,93)/t43-,44-,45-,46-,47-,48-,49-,50-,51+,55+,56-,57+,66+/m0/s1. The number of aliphatic hydroxyl groups is 5. The third kappa shape index (κ3) is 19.1. The summed E-state index contributed by atoms with van der Waals surface area (Å²) in [5.41, 5.74) is 8.52. The van der Waals surface area contributed by atoms with Crippen LogP contribution >= 0.6 is 0 Å². The van der Waals surface area contributed by atoms with Crippen LogP contribution in [0.4, 0.5) is 0 Å². The largest absolute Gasteiger partial charge is 0.462 e. The summed E-state index contributed by atoms with van der Waals surface area (Å²) >= 11 is 0. The second-order valence-electron chi connectivity index (χ2n) is 25.1. The maximum Gasteiger partial charge on any atom is 0.245 e. The fourth-order valence-electron chi connectivity index (χ4n) is 12.1.